The first kappa shape index (κ1) is 11.4. The molecular formula is C5H14ClN3. The normalized spacial score (nSPS) is 7.00. The predicted molar refractivity (Wildman–Crippen MR) is 42.7 cm³/mol. The van der Waals surface area contributed by atoms with Gasteiger partial charge in [0.05, 0.1) is 0 Å². The van der Waals surface area contributed by atoms with Gasteiger partial charge in [-0.05, 0) is 6.92 Å². The van der Waals surface area contributed by atoms with Gasteiger partial charge in [0.2, 0.25) is 0 Å². The molecule has 0 amide bonds. The van der Waals surface area contributed by atoms with Gasteiger partial charge >= 0.3 is 0 Å². The first-order valence-corrected chi connectivity index (χ1v) is 3.33. The van der Waals surface area contributed by atoms with E-state index in [0.717, 1.165) is 5.88 Å². The highest BCUT2D eigenvalue weighted by atomic mass is 35.5. The molecule has 9 heavy (non-hydrogen) atoms. The molecule has 0 aromatic heterocycles. The van der Waals surface area contributed by atoms with Crippen LogP contribution < -0.4 is 11.5 Å². The SMILES string of the molecule is CCCl.CCN=C(N)N. The molecule has 0 aliphatic heterocycles. The summed E-state index contributed by atoms with van der Waals surface area (Å²) in [5, 5.41) is 0. The Labute approximate surface area is 61.1 Å². The van der Waals surface area contributed by atoms with Crippen LogP contribution in [-0.4, -0.2) is 18.4 Å². The summed E-state index contributed by atoms with van der Waals surface area (Å²) in [6.07, 6.45) is 0. The first-order valence-electron chi connectivity index (χ1n) is 2.80. The van der Waals surface area contributed by atoms with Crippen molar-refractivity contribution in [3.63, 3.8) is 0 Å². The van der Waals surface area contributed by atoms with E-state index in [1.807, 2.05) is 13.8 Å². The van der Waals surface area contributed by atoms with E-state index in [0.29, 0.717) is 6.54 Å². The molecule has 0 unspecified atom stereocenters. The minimum Gasteiger partial charge on any atom is -0.370 e. The molecule has 0 bridgehead atoms. The van der Waals surface area contributed by atoms with E-state index in [1.54, 1.807) is 0 Å². The third-order valence-electron chi connectivity index (χ3n) is 0.341. The Kier molecular flexibility index (Phi) is 13.3. The summed E-state index contributed by atoms with van der Waals surface area (Å²) in [5.41, 5.74) is 9.86. The zero-order valence-electron chi connectivity index (χ0n) is 5.89. The van der Waals surface area contributed by atoms with Crippen molar-refractivity contribution in [2.75, 3.05) is 12.4 Å². The van der Waals surface area contributed by atoms with E-state index in [4.69, 9.17) is 23.1 Å². The zero-order chi connectivity index (χ0) is 7.70. The van der Waals surface area contributed by atoms with Crippen molar-refractivity contribution >= 4 is 17.6 Å². The Hall–Kier alpha value is -0.440. The van der Waals surface area contributed by atoms with Crippen LogP contribution >= 0.6 is 11.6 Å². The number of rotatable bonds is 1. The predicted octanol–water partition coefficient (Wildman–Crippen LogP) is 0.525. The van der Waals surface area contributed by atoms with E-state index < -0.39 is 0 Å². The fourth-order valence-corrected chi connectivity index (χ4v) is 0.183. The van der Waals surface area contributed by atoms with Crippen LogP contribution in [0.25, 0.3) is 0 Å². The molecule has 0 rings (SSSR count). The maximum absolute atomic E-state index is 5.00. The summed E-state index contributed by atoms with van der Waals surface area (Å²) in [6.45, 7) is 4.43. The highest BCUT2D eigenvalue weighted by molar-refractivity contribution is 6.17. The average molecular weight is 152 g/mol. The molecule has 0 aliphatic rings. The van der Waals surface area contributed by atoms with Crippen LogP contribution in [0.4, 0.5) is 0 Å². The van der Waals surface area contributed by atoms with Gasteiger partial charge in [-0.1, -0.05) is 6.92 Å². The van der Waals surface area contributed by atoms with Gasteiger partial charge < -0.3 is 11.5 Å². The zero-order valence-corrected chi connectivity index (χ0v) is 6.65. The number of hydrogen-bond donors (Lipinski definition) is 2. The van der Waals surface area contributed by atoms with E-state index in [9.17, 15) is 0 Å². The van der Waals surface area contributed by atoms with Crippen LogP contribution in [0.15, 0.2) is 4.99 Å². The quantitative estimate of drug-likeness (QED) is 0.326. The van der Waals surface area contributed by atoms with Crippen molar-refractivity contribution in [2.24, 2.45) is 16.5 Å². The Morgan fingerprint density at radius 2 is 1.78 bits per heavy atom. The number of hydrogen-bond acceptors (Lipinski definition) is 1. The van der Waals surface area contributed by atoms with E-state index >= 15 is 0 Å². The van der Waals surface area contributed by atoms with Gasteiger partial charge in [0, 0.05) is 12.4 Å². The van der Waals surface area contributed by atoms with Gasteiger partial charge in [0.25, 0.3) is 0 Å². The topological polar surface area (TPSA) is 64.4 Å². The minimum atomic E-state index is 0.164. The number of nitrogens with two attached hydrogens (primary N) is 2. The third kappa shape index (κ3) is 35.7. The van der Waals surface area contributed by atoms with Crippen LogP contribution in [0.5, 0.6) is 0 Å². The number of halogens is 1. The summed E-state index contributed by atoms with van der Waals surface area (Å²) in [6, 6.07) is 0. The number of nitrogens with zero attached hydrogens (tertiary/aromatic N) is 1. The standard InChI is InChI=1S/C3H9N3.C2H5Cl/c1-2-6-3(4)5;1-2-3/h2H2,1H3,(H4,4,5,6);2H2,1H3. The molecule has 56 valence electrons. The summed E-state index contributed by atoms with van der Waals surface area (Å²) in [5.74, 6) is 0.887. The third-order valence-corrected chi connectivity index (χ3v) is 0.341. The monoisotopic (exact) mass is 151 g/mol. The molecule has 3 nitrogen and oxygen atoms in total. The van der Waals surface area contributed by atoms with Crippen molar-refractivity contribution in [2.45, 2.75) is 13.8 Å². The maximum Gasteiger partial charge on any atom is 0.185 e. The lowest BCUT2D eigenvalue weighted by molar-refractivity contribution is 1.11. The lowest BCUT2D eigenvalue weighted by Crippen LogP contribution is -2.22. The Morgan fingerprint density at radius 3 is 1.78 bits per heavy atom. The number of alkyl halides is 1. The van der Waals surface area contributed by atoms with Gasteiger partial charge in [0.1, 0.15) is 0 Å². The van der Waals surface area contributed by atoms with E-state index in [-0.39, 0.29) is 5.96 Å². The number of aliphatic imine (C=N–C) groups is 1. The van der Waals surface area contributed by atoms with Crippen LogP contribution in [0, 0.1) is 0 Å². The minimum absolute atomic E-state index is 0.164. The van der Waals surface area contributed by atoms with Gasteiger partial charge in [-0.3, -0.25) is 4.99 Å². The van der Waals surface area contributed by atoms with Gasteiger partial charge in [-0.25, -0.2) is 0 Å². The Balaban J connectivity index is 0. The smallest absolute Gasteiger partial charge is 0.185 e. The molecule has 4 N–H and O–H groups in total. The lowest BCUT2D eigenvalue weighted by atomic mass is 10.8. The van der Waals surface area contributed by atoms with Crippen molar-refractivity contribution < 1.29 is 0 Å². The van der Waals surface area contributed by atoms with Crippen molar-refractivity contribution in [3.8, 4) is 0 Å². The molecule has 0 atom stereocenters. The number of guanidine groups is 1. The largest absolute Gasteiger partial charge is 0.370 e. The van der Waals surface area contributed by atoms with E-state index in [1.165, 1.54) is 0 Å². The summed E-state index contributed by atoms with van der Waals surface area (Å²) >= 11 is 5.00. The molecule has 4 heteroatoms. The van der Waals surface area contributed by atoms with Gasteiger partial charge in [-0.2, -0.15) is 0 Å². The van der Waals surface area contributed by atoms with Gasteiger partial charge in [0.15, 0.2) is 5.96 Å². The average Bonchev–Trinajstić information content (AvgIpc) is 1.67. The highest BCUT2D eigenvalue weighted by Crippen LogP contribution is 1.59. The van der Waals surface area contributed by atoms with Gasteiger partial charge in [-0.15, -0.1) is 11.6 Å². The molecule has 0 heterocycles. The Bertz CT molecular complexity index is 68.6. The Morgan fingerprint density at radius 1 is 1.44 bits per heavy atom. The highest BCUT2D eigenvalue weighted by Gasteiger charge is 1.68. The molecule has 0 aromatic rings. The maximum atomic E-state index is 5.00. The summed E-state index contributed by atoms with van der Waals surface area (Å²) in [4.78, 5) is 3.60. The van der Waals surface area contributed by atoms with E-state index in [2.05, 4.69) is 4.99 Å². The summed E-state index contributed by atoms with van der Waals surface area (Å²) in [7, 11) is 0. The van der Waals surface area contributed by atoms with Crippen LogP contribution in [0.3, 0.4) is 0 Å². The summed E-state index contributed by atoms with van der Waals surface area (Å²) < 4.78 is 0. The molecule has 0 radical (unpaired) electrons. The second kappa shape index (κ2) is 10.5. The van der Waals surface area contributed by atoms with Crippen LogP contribution in [0.2, 0.25) is 0 Å². The molecule has 0 saturated carbocycles. The fraction of sp³-hybridized carbons (Fsp3) is 0.800. The lowest BCUT2D eigenvalue weighted by Gasteiger charge is -1.82. The fourth-order valence-electron chi connectivity index (χ4n) is 0.183. The van der Waals surface area contributed by atoms with Crippen molar-refractivity contribution in [1.82, 2.24) is 0 Å². The van der Waals surface area contributed by atoms with Crippen molar-refractivity contribution in [1.29, 1.82) is 0 Å². The second-order valence-electron chi connectivity index (χ2n) is 1.17. The molecule has 0 saturated heterocycles. The molecular weight excluding hydrogens is 138 g/mol. The second-order valence-corrected chi connectivity index (χ2v) is 1.70. The van der Waals surface area contributed by atoms with Crippen LogP contribution in [-0.2, 0) is 0 Å². The van der Waals surface area contributed by atoms with Crippen LogP contribution in [0.1, 0.15) is 13.8 Å². The molecule has 0 fully saturated rings. The van der Waals surface area contributed by atoms with Crippen molar-refractivity contribution in [3.05, 3.63) is 0 Å². The first-order chi connectivity index (χ1) is 4.18. The molecule has 0 aromatic carbocycles. The molecule has 0 spiro atoms. The molecule has 0 aliphatic carbocycles.